The number of nitrogens with one attached hydrogen (secondary N) is 2. The van der Waals surface area contributed by atoms with Crippen molar-refractivity contribution in [2.75, 3.05) is 11.9 Å². The molecule has 4 rings (SSSR count). The number of nitrogens with zero attached hydrogens (tertiary/aromatic N) is 3. The second kappa shape index (κ2) is 6.68. The van der Waals surface area contributed by atoms with Crippen molar-refractivity contribution in [3.63, 3.8) is 0 Å². The molecular formula is C18H19N5OS. The molecule has 1 aliphatic carbocycles. The molecule has 7 heteroatoms. The van der Waals surface area contributed by atoms with Crippen LogP contribution in [0, 0.1) is 0 Å². The number of hydrogen-bond donors (Lipinski definition) is 2. The van der Waals surface area contributed by atoms with E-state index in [0.29, 0.717) is 18.3 Å². The summed E-state index contributed by atoms with van der Waals surface area (Å²) in [4.78, 5) is 19.6. The van der Waals surface area contributed by atoms with Crippen LogP contribution in [0.15, 0.2) is 41.9 Å². The van der Waals surface area contributed by atoms with Crippen LogP contribution in [0.25, 0.3) is 10.6 Å². The molecule has 1 amide bonds. The highest BCUT2D eigenvalue weighted by atomic mass is 32.1. The summed E-state index contributed by atoms with van der Waals surface area (Å²) in [6.07, 6.45) is 3.81. The Hall–Kier alpha value is -2.67. The van der Waals surface area contributed by atoms with Gasteiger partial charge in [0.15, 0.2) is 0 Å². The van der Waals surface area contributed by atoms with E-state index in [1.807, 2.05) is 30.6 Å². The van der Waals surface area contributed by atoms with Gasteiger partial charge >= 0.3 is 0 Å². The van der Waals surface area contributed by atoms with E-state index < -0.39 is 0 Å². The van der Waals surface area contributed by atoms with Crippen LogP contribution in [0.1, 0.15) is 29.0 Å². The molecule has 0 saturated heterocycles. The van der Waals surface area contributed by atoms with Crippen LogP contribution in [0.4, 0.5) is 5.69 Å². The number of amides is 1. The Morgan fingerprint density at radius 1 is 1.40 bits per heavy atom. The Bertz CT molecular complexity index is 869. The number of aromatic nitrogens is 3. The molecule has 2 N–H and O–H groups in total. The van der Waals surface area contributed by atoms with Crippen molar-refractivity contribution in [2.24, 2.45) is 0 Å². The number of hydrogen-bond acceptors (Lipinski definition) is 5. The minimum atomic E-state index is -0.0979. The minimum absolute atomic E-state index is 0.0979. The Kier molecular flexibility index (Phi) is 4.23. The van der Waals surface area contributed by atoms with Gasteiger partial charge in [-0.25, -0.2) is 0 Å². The lowest BCUT2D eigenvalue weighted by atomic mass is 10.2. The smallest absolute Gasteiger partial charge is 0.270 e. The standard InChI is InChI=1S/C18H19N5OS/c1-23(11-13-9-15(22-21-13)17-3-2-8-25-17)14-6-7-19-16(10-14)18(24)20-12-4-5-12/h2-3,6-10,12H,4-5,11H2,1H3,(H,20,24)(H,21,22). The van der Waals surface area contributed by atoms with Gasteiger partial charge in [-0.1, -0.05) is 6.07 Å². The molecule has 1 saturated carbocycles. The maximum absolute atomic E-state index is 12.2. The molecule has 0 bridgehead atoms. The molecule has 6 nitrogen and oxygen atoms in total. The van der Waals surface area contributed by atoms with Crippen LogP contribution in [-0.4, -0.2) is 34.2 Å². The second-order valence-electron chi connectivity index (χ2n) is 6.26. The van der Waals surface area contributed by atoms with Crippen molar-refractivity contribution in [1.29, 1.82) is 0 Å². The van der Waals surface area contributed by atoms with Gasteiger partial charge in [0.25, 0.3) is 5.91 Å². The normalized spacial score (nSPS) is 13.6. The summed E-state index contributed by atoms with van der Waals surface area (Å²) >= 11 is 1.67. The number of aromatic amines is 1. The average Bonchev–Trinajstić information content (AvgIpc) is 3.10. The predicted octanol–water partition coefficient (Wildman–Crippen LogP) is 3.06. The number of rotatable bonds is 6. The summed E-state index contributed by atoms with van der Waals surface area (Å²) in [7, 11) is 1.99. The number of H-pyrrole nitrogens is 1. The number of thiophene rings is 1. The molecular weight excluding hydrogens is 334 g/mol. The summed E-state index contributed by atoms with van der Waals surface area (Å²) < 4.78 is 0. The number of carbonyl (C=O) groups excluding carboxylic acids is 1. The highest BCUT2D eigenvalue weighted by molar-refractivity contribution is 7.13. The molecule has 1 fully saturated rings. The van der Waals surface area contributed by atoms with Crippen LogP contribution < -0.4 is 10.2 Å². The van der Waals surface area contributed by atoms with Crippen LogP contribution in [0.2, 0.25) is 0 Å². The lowest BCUT2D eigenvalue weighted by Gasteiger charge is -2.18. The lowest BCUT2D eigenvalue weighted by Crippen LogP contribution is -2.26. The van der Waals surface area contributed by atoms with Crippen LogP contribution in [0.3, 0.4) is 0 Å². The summed E-state index contributed by atoms with van der Waals surface area (Å²) in [5.41, 5.74) is 3.38. The topological polar surface area (TPSA) is 73.9 Å². The fourth-order valence-corrected chi connectivity index (χ4v) is 3.29. The van der Waals surface area contributed by atoms with Gasteiger partial charge in [-0.15, -0.1) is 11.3 Å². The van der Waals surface area contributed by atoms with E-state index >= 15 is 0 Å². The molecule has 0 aliphatic heterocycles. The van der Waals surface area contributed by atoms with E-state index in [1.54, 1.807) is 17.5 Å². The molecule has 0 unspecified atom stereocenters. The molecule has 0 atom stereocenters. The zero-order valence-corrected chi connectivity index (χ0v) is 14.7. The highest BCUT2D eigenvalue weighted by Gasteiger charge is 2.24. The zero-order chi connectivity index (χ0) is 17.2. The zero-order valence-electron chi connectivity index (χ0n) is 13.9. The summed E-state index contributed by atoms with van der Waals surface area (Å²) in [6, 6.07) is 10.2. The summed E-state index contributed by atoms with van der Waals surface area (Å²) in [5, 5.41) is 12.5. The molecule has 3 aromatic heterocycles. The summed E-state index contributed by atoms with van der Waals surface area (Å²) in [6.45, 7) is 0.673. The number of carbonyl (C=O) groups is 1. The van der Waals surface area contributed by atoms with Crippen molar-refractivity contribution in [3.8, 4) is 10.6 Å². The first kappa shape index (κ1) is 15.8. The second-order valence-corrected chi connectivity index (χ2v) is 7.21. The lowest BCUT2D eigenvalue weighted by molar-refractivity contribution is 0.0946. The quantitative estimate of drug-likeness (QED) is 0.714. The molecule has 0 spiro atoms. The fraction of sp³-hybridized carbons (Fsp3) is 0.278. The SMILES string of the molecule is CN(Cc1cc(-c2cccs2)n[nH]1)c1ccnc(C(=O)NC2CC2)c1. The van der Waals surface area contributed by atoms with Gasteiger partial charge in [0.05, 0.1) is 17.1 Å². The maximum atomic E-state index is 12.2. The van der Waals surface area contributed by atoms with Crippen molar-refractivity contribution in [3.05, 3.63) is 53.3 Å². The third-order valence-electron chi connectivity index (χ3n) is 4.14. The van der Waals surface area contributed by atoms with Crippen molar-refractivity contribution < 1.29 is 4.79 Å². The Labute approximate surface area is 149 Å². The van der Waals surface area contributed by atoms with Gasteiger partial charge in [-0.3, -0.25) is 14.9 Å². The first-order valence-corrected chi connectivity index (χ1v) is 9.13. The molecule has 3 aromatic rings. The minimum Gasteiger partial charge on any atom is -0.369 e. The van der Waals surface area contributed by atoms with Gasteiger partial charge in [-0.2, -0.15) is 5.10 Å². The maximum Gasteiger partial charge on any atom is 0.270 e. The van der Waals surface area contributed by atoms with E-state index in [2.05, 4.69) is 37.5 Å². The molecule has 128 valence electrons. The molecule has 25 heavy (non-hydrogen) atoms. The van der Waals surface area contributed by atoms with Gasteiger partial charge in [0.2, 0.25) is 0 Å². The van der Waals surface area contributed by atoms with Gasteiger partial charge in [0.1, 0.15) is 11.4 Å². The number of pyridine rings is 1. The Morgan fingerprint density at radius 3 is 3.04 bits per heavy atom. The van der Waals surface area contributed by atoms with Gasteiger partial charge in [-0.05, 0) is 42.5 Å². The van der Waals surface area contributed by atoms with E-state index in [-0.39, 0.29) is 5.91 Å². The monoisotopic (exact) mass is 353 g/mol. The third kappa shape index (κ3) is 3.71. The van der Waals surface area contributed by atoms with Crippen LogP contribution in [0.5, 0.6) is 0 Å². The molecule has 0 radical (unpaired) electrons. The largest absolute Gasteiger partial charge is 0.369 e. The average molecular weight is 353 g/mol. The third-order valence-corrected chi connectivity index (χ3v) is 5.03. The highest BCUT2D eigenvalue weighted by Crippen LogP contribution is 2.24. The van der Waals surface area contributed by atoms with E-state index in [1.165, 1.54) is 0 Å². The first-order chi connectivity index (χ1) is 12.2. The predicted molar refractivity (Wildman–Crippen MR) is 98.7 cm³/mol. The van der Waals surface area contributed by atoms with Crippen molar-refractivity contribution in [2.45, 2.75) is 25.4 Å². The molecule has 1 aliphatic rings. The van der Waals surface area contributed by atoms with Gasteiger partial charge in [0, 0.05) is 25.0 Å². The van der Waals surface area contributed by atoms with E-state index in [0.717, 1.165) is 34.8 Å². The van der Waals surface area contributed by atoms with E-state index in [9.17, 15) is 4.79 Å². The molecule has 3 heterocycles. The Balaban J connectivity index is 1.45. The first-order valence-electron chi connectivity index (χ1n) is 8.25. The van der Waals surface area contributed by atoms with Gasteiger partial charge < -0.3 is 10.2 Å². The van der Waals surface area contributed by atoms with E-state index in [4.69, 9.17) is 0 Å². The van der Waals surface area contributed by atoms with Crippen molar-refractivity contribution >= 4 is 22.9 Å². The fourth-order valence-electron chi connectivity index (χ4n) is 2.61. The molecule has 0 aromatic carbocycles. The summed E-state index contributed by atoms with van der Waals surface area (Å²) in [5.74, 6) is -0.0979. The number of anilines is 1. The van der Waals surface area contributed by atoms with Crippen LogP contribution in [-0.2, 0) is 6.54 Å². The Morgan fingerprint density at radius 2 is 2.28 bits per heavy atom. The van der Waals surface area contributed by atoms with Crippen molar-refractivity contribution in [1.82, 2.24) is 20.5 Å². The van der Waals surface area contributed by atoms with Crippen LogP contribution >= 0.6 is 11.3 Å².